The SMILES string of the molecule is O=C(OCC(COC(=O)c1cc(Cl)c(O)c(Cl)c1)Oc1ccccc1)c1cc(Cl)c(O)c(Cl)c1. The van der Waals surface area contributed by atoms with Crippen LogP contribution in [0.15, 0.2) is 54.6 Å². The Hall–Kier alpha value is -2.84. The molecule has 0 aliphatic heterocycles. The van der Waals surface area contributed by atoms with Crippen molar-refractivity contribution in [2.24, 2.45) is 0 Å². The largest absolute Gasteiger partial charge is 0.505 e. The third-order valence-electron chi connectivity index (χ3n) is 4.35. The number of ether oxygens (including phenoxy) is 3. The minimum atomic E-state index is -0.888. The zero-order valence-corrected chi connectivity index (χ0v) is 20.2. The van der Waals surface area contributed by atoms with Gasteiger partial charge in [0.1, 0.15) is 19.0 Å². The van der Waals surface area contributed by atoms with Crippen molar-refractivity contribution in [2.75, 3.05) is 13.2 Å². The molecule has 0 amide bonds. The van der Waals surface area contributed by atoms with Crippen LogP contribution in [0.2, 0.25) is 20.1 Å². The van der Waals surface area contributed by atoms with Crippen molar-refractivity contribution in [3.63, 3.8) is 0 Å². The first-order valence-electron chi connectivity index (χ1n) is 9.57. The van der Waals surface area contributed by atoms with E-state index in [1.807, 2.05) is 0 Å². The fourth-order valence-corrected chi connectivity index (χ4v) is 3.65. The molecule has 7 nitrogen and oxygen atoms in total. The number of para-hydroxylation sites is 1. The van der Waals surface area contributed by atoms with Gasteiger partial charge < -0.3 is 24.4 Å². The van der Waals surface area contributed by atoms with Crippen LogP contribution in [0.3, 0.4) is 0 Å². The fourth-order valence-electron chi connectivity index (χ4n) is 2.68. The van der Waals surface area contributed by atoms with E-state index in [1.165, 1.54) is 24.3 Å². The van der Waals surface area contributed by atoms with Gasteiger partial charge in [0.15, 0.2) is 17.6 Å². The summed E-state index contributed by atoms with van der Waals surface area (Å²) in [4.78, 5) is 24.9. The molecule has 178 valence electrons. The van der Waals surface area contributed by atoms with E-state index in [9.17, 15) is 19.8 Å². The van der Waals surface area contributed by atoms with Crippen LogP contribution in [0, 0.1) is 0 Å². The number of carbonyl (C=O) groups excluding carboxylic acids is 2. The highest BCUT2D eigenvalue weighted by Crippen LogP contribution is 2.34. The third kappa shape index (κ3) is 6.61. The molecular formula is C23H16Cl4O7. The van der Waals surface area contributed by atoms with Gasteiger partial charge in [0.05, 0.1) is 31.2 Å². The van der Waals surface area contributed by atoms with Crippen LogP contribution in [-0.2, 0) is 9.47 Å². The number of rotatable bonds is 8. The number of benzene rings is 3. The normalized spacial score (nSPS) is 10.7. The van der Waals surface area contributed by atoms with Crippen molar-refractivity contribution in [2.45, 2.75) is 6.10 Å². The summed E-state index contributed by atoms with van der Waals surface area (Å²) in [7, 11) is 0. The van der Waals surface area contributed by atoms with Gasteiger partial charge in [-0.3, -0.25) is 0 Å². The zero-order valence-electron chi connectivity index (χ0n) is 17.1. The van der Waals surface area contributed by atoms with Crippen LogP contribution in [0.1, 0.15) is 20.7 Å². The van der Waals surface area contributed by atoms with Gasteiger partial charge in [0.25, 0.3) is 0 Å². The van der Waals surface area contributed by atoms with E-state index in [4.69, 9.17) is 60.6 Å². The van der Waals surface area contributed by atoms with Crippen molar-refractivity contribution in [3.8, 4) is 17.2 Å². The molecule has 0 aliphatic carbocycles. The van der Waals surface area contributed by atoms with Gasteiger partial charge in [-0.25, -0.2) is 9.59 Å². The van der Waals surface area contributed by atoms with Gasteiger partial charge in [-0.1, -0.05) is 64.6 Å². The molecule has 0 bridgehead atoms. The molecule has 0 radical (unpaired) electrons. The monoisotopic (exact) mass is 544 g/mol. The van der Waals surface area contributed by atoms with Gasteiger partial charge in [0, 0.05) is 0 Å². The Bertz CT molecular complexity index is 1080. The Kier molecular flexibility index (Phi) is 8.74. The van der Waals surface area contributed by atoms with Crippen LogP contribution in [0.25, 0.3) is 0 Å². The van der Waals surface area contributed by atoms with E-state index in [-0.39, 0.29) is 55.9 Å². The van der Waals surface area contributed by atoms with Gasteiger partial charge in [-0.05, 0) is 36.4 Å². The number of hydrogen-bond donors (Lipinski definition) is 2. The van der Waals surface area contributed by atoms with Crippen LogP contribution >= 0.6 is 46.4 Å². The second kappa shape index (κ2) is 11.5. The topological polar surface area (TPSA) is 102 Å². The smallest absolute Gasteiger partial charge is 0.338 e. The maximum atomic E-state index is 12.4. The molecule has 2 N–H and O–H groups in total. The number of aromatic hydroxyl groups is 2. The summed E-state index contributed by atoms with van der Waals surface area (Å²) in [6.07, 6.45) is -0.888. The van der Waals surface area contributed by atoms with E-state index >= 15 is 0 Å². The number of carbonyl (C=O) groups is 2. The Morgan fingerprint density at radius 2 is 1.09 bits per heavy atom. The van der Waals surface area contributed by atoms with Crippen molar-refractivity contribution in [3.05, 3.63) is 85.8 Å². The number of phenolic OH excluding ortho intramolecular Hbond substituents is 2. The average Bonchev–Trinajstić information content (AvgIpc) is 2.82. The molecule has 34 heavy (non-hydrogen) atoms. The Morgan fingerprint density at radius 3 is 1.47 bits per heavy atom. The molecule has 0 unspecified atom stereocenters. The number of esters is 2. The zero-order chi connectivity index (χ0) is 24.8. The van der Waals surface area contributed by atoms with Crippen LogP contribution in [0.5, 0.6) is 17.2 Å². The molecule has 3 aromatic rings. The average molecular weight is 546 g/mol. The van der Waals surface area contributed by atoms with E-state index in [1.54, 1.807) is 30.3 Å². The summed E-state index contributed by atoms with van der Waals surface area (Å²) >= 11 is 23.4. The quantitative estimate of drug-likeness (QED) is 0.326. The molecule has 0 saturated carbocycles. The molecule has 0 fully saturated rings. The first-order chi connectivity index (χ1) is 16.2. The molecule has 11 heteroatoms. The Balaban J connectivity index is 1.70. The minimum absolute atomic E-state index is 0.0108. The highest BCUT2D eigenvalue weighted by molar-refractivity contribution is 6.38. The van der Waals surface area contributed by atoms with E-state index in [0.717, 1.165) is 0 Å². The molecule has 0 spiro atoms. The van der Waals surface area contributed by atoms with E-state index in [0.29, 0.717) is 5.75 Å². The second-order valence-corrected chi connectivity index (χ2v) is 8.46. The summed E-state index contributed by atoms with van der Waals surface area (Å²) in [5, 5.41) is 18.8. The molecule has 0 heterocycles. The standard InChI is InChI=1S/C23H16Cl4O7/c24-16-6-12(7-17(25)20(16)28)22(30)32-10-15(34-14-4-2-1-3-5-14)11-33-23(31)13-8-18(26)21(29)19(27)9-13/h1-9,15,28-29H,10-11H2. The predicted molar refractivity (Wildman–Crippen MR) is 128 cm³/mol. The van der Waals surface area contributed by atoms with Crippen LogP contribution < -0.4 is 4.74 Å². The highest BCUT2D eigenvalue weighted by atomic mass is 35.5. The lowest BCUT2D eigenvalue weighted by Crippen LogP contribution is -2.31. The lowest BCUT2D eigenvalue weighted by Gasteiger charge is -2.19. The third-order valence-corrected chi connectivity index (χ3v) is 5.50. The molecule has 0 aliphatic rings. The van der Waals surface area contributed by atoms with Crippen LogP contribution in [-0.4, -0.2) is 41.5 Å². The van der Waals surface area contributed by atoms with E-state index < -0.39 is 18.0 Å². The summed E-state index contributed by atoms with van der Waals surface area (Å²) in [5.41, 5.74) is 0.0215. The Labute approximate surface area is 214 Å². The molecule has 0 aromatic heterocycles. The summed E-state index contributed by atoms with van der Waals surface area (Å²) < 4.78 is 16.3. The summed E-state index contributed by atoms with van der Waals surface area (Å²) in [6.45, 7) is -0.595. The van der Waals surface area contributed by atoms with Gasteiger partial charge in [0.2, 0.25) is 0 Å². The molecule has 3 aromatic carbocycles. The first kappa shape index (κ1) is 25.8. The van der Waals surface area contributed by atoms with Crippen LogP contribution in [0.4, 0.5) is 0 Å². The summed E-state index contributed by atoms with van der Waals surface area (Å²) in [6, 6.07) is 13.4. The minimum Gasteiger partial charge on any atom is -0.505 e. The first-order valence-corrected chi connectivity index (χ1v) is 11.1. The molecule has 0 saturated heterocycles. The van der Waals surface area contributed by atoms with Crippen molar-refractivity contribution >= 4 is 58.3 Å². The fraction of sp³-hybridized carbons (Fsp3) is 0.130. The summed E-state index contributed by atoms with van der Waals surface area (Å²) in [5.74, 6) is -1.83. The van der Waals surface area contributed by atoms with Gasteiger partial charge >= 0.3 is 11.9 Å². The Morgan fingerprint density at radius 1 is 0.706 bits per heavy atom. The van der Waals surface area contributed by atoms with Crippen molar-refractivity contribution in [1.82, 2.24) is 0 Å². The maximum Gasteiger partial charge on any atom is 0.338 e. The number of halogens is 4. The van der Waals surface area contributed by atoms with Crippen molar-refractivity contribution in [1.29, 1.82) is 0 Å². The molecular weight excluding hydrogens is 530 g/mol. The highest BCUT2D eigenvalue weighted by Gasteiger charge is 2.21. The van der Waals surface area contributed by atoms with E-state index in [2.05, 4.69) is 0 Å². The number of phenols is 2. The lowest BCUT2D eigenvalue weighted by molar-refractivity contribution is 0.00353. The maximum absolute atomic E-state index is 12.4. The predicted octanol–water partition coefficient (Wildman–Crippen LogP) is 6.17. The molecule has 3 rings (SSSR count). The van der Waals surface area contributed by atoms with Crippen molar-refractivity contribution < 1.29 is 34.0 Å². The molecule has 0 atom stereocenters. The van der Waals surface area contributed by atoms with Gasteiger partial charge in [-0.15, -0.1) is 0 Å². The second-order valence-electron chi connectivity index (χ2n) is 6.83. The number of hydrogen-bond acceptors (Lipinski definition) is 7. The lowest BCUT2D eigenvalue weighted by atomic mass is 10.2. The van der Waals surface area contributed by atoms with Gasteiger partial charge in [-0.2, -0.15) is 0 Å².